The Morgan fingerprint density at radius 2 is 1.97 bits per heavy atom. The number of carbonyl (C=O) groups excluding carboxylic acids is 1. The van der Waals surface area contributed by atoms with Crippen LogP contribution in [-0.2, 0) is 17.8 Å². The van der Waals surface area contributed by atoms with Crippen LogP contribution in [0.25, 0.3) is 11.4 Å². The number of rotatable bonds is 9. The van der Waals surface area contributed by atoms with Crippen molar-refractivity contribution in [1.82, 2.24) is 20.5 Å². The second-order valence-electron chi connectivity index (χ2n) is 7.27. The second-order valence-corrected chi connectivity index (χ2v) is 7.27. The van der Waals surface area contributed by atoms with Crippen molar-refractivity contribution in [2.75, 3.05) is 0 Å². The summed E-state index contributed by atoms with van der Waals surface area (Å²) < 4.78 is 18.9. The number of benzene rings is 2. The summed E-state index contributed by atoms with van der Waals surface area (Å²) in [6.45, 7) is 4.16. The van der Waals surface area contributed by atoms with Gasteiger partial charge in [0.1, 0.15) is 23.9 Å². The van der Waals surface area contributed by atoms with E-state index in [-0.39, 0.29) is 48.5 Å². The number of nitrogens with zero attached hydrogens (tertiary/aromatic N) is 2. The molecule has 162 valence electrons. The van der Waals surface area contributed by atoms with Gasteiger partial charge in [-0.05, 0) is 55.3 Å². The lowest BCUT2D eigenvalue weighted by Crippen LogP contribution is -2.32. The maximum absolute atomic E-state index is 13.2. The molecule has 0 bridgehead atoms. The van der Waals surface area contributed by atoms with Crippen LogP contribution in [0, 0.1) is 5.82 Å². The summed E-state index contributed by atoms with van der Waals surface area (Å²) >= 11 is 0. The third kappa shape index (κ3) is 6.47. The fraction of sp³-hybridized carbons (Fsp3) is 0.304. The average Bonchev–Trinajstić information content (AvgIpc) is 2.77. The van der Waals surface area contributed by atoms with Crippen molar-refractivity contribution in [2.24, 2.45) is 0 Å². The normalized spacial score (nSPS) is 11.7. The summed E-state index contributed by atoms with van der Waals surface area (Å²) in [6, 6.07) is 13.3. The molecular formula is C23H25FN4O3. The first kappa shape index (κ1) is 22.1. The van der Waals surface area contributed by atoms with Crippen molar-refractivity contribution >= 4 is 5.91 Å². The molecule has 1 amide bonds. The standard InChI is InChI=1S/C23H25FN4O3/c1-3-15(2)25-21(29)12-11-20-23(30)26-22(28-27-20)17-7-9-19(10-8-17)31-14-16-5-4-6-18(24)13-16/h4-10,13,15H,3,11-12,14H2,1-2H3,(H,25,29)(H,26,28,30). The van der Waals surface area contributed by atoms with E-state index in [0.717, 1.165) is 12.0 Å². The van der Waals surface area contributed by atoms with E-state index in [1.807, 2.05) is 13.8 Å². The Bertz CT molecular complexity index is 1080. The zero-order valence-corrected chi connectivity index (χ0v) is 17.5. The summed E-state index contributed by atoms with van der Waals surface area (Å²) in [5, 5.41) is 10.9. The van der Waals surface area contributed by atoms with Crippen LogP contribution in [0.15, 0.2) is 53.3 Å². The number of aromatic amines is 1. The van der Waals surface area contributed by atoms with Gasteiger partial charge in [0.15, 0.2) is 5.82 Å². The van der Waals surface area contributed by atoms with E-state index in [2.05, 4.69) is 20.5 Å². The van der Waals surface area contributed by atoms with Gasteiger partial charge < -0.3 is 15.0 Å². The Balaban J connectivity index is 1.59. The van der Waals surface area contributed by atoms with Gasteiger partial charge >= 0.3 is 0 Å². The fourth-order valence-electron chi connectivity index (χ4n) is 2.84. The highest BCUT2D eigenvalue weighted by molar-refractivity contribution is 5.76. The summed E-state index contributed by atoms with van der Waals surface area (Å²) in [6.07, 6.45) is 1.24. The number of halogens is 1. The topological polar surface area (TPSA) is 97.0 Å². The number of H-pyrrole nitrogens is 1. The highest BCUT2D eigenvalue weighted by atomic mass is 19.1. The number of hydrogen-bond acceptors (Lipinski definition) is 5. The van der Waals surface area contributed by atoms with Gasteiger partial charge in [0.05, 0.1) is 0 Å². The van der Waals surface area contributed by atoms with Crippen LogP contribution in [0.5, 0.6) is 5.75 Å². The van der Waals surface area contributed by atoms with Gasteiger partial charge in [-0.2, -0.15) is 0 Å². The number of amides is 1. The average molecular weight is 424 g/mol. The smallest absolute Gasteiger partial charge is 0.273 e. The van der Waals surface area contributed by atoms with Gasteiger partial charge in [0, 0.05) is 24.4 Å². The largest absolute Gasteiger partial charge is 0.489 e. The molecule has 31 heavy (non-hydrogen) atoms. The molecule has 1 heterocycles. The summed E-state index contributed by atoms with van der Waals surface area (Å²) in [5.41, 5.74) is 1.25. The maximum Gasteiger partial charge on any atom is 0.273 e. The molecule has 1 unspecified atom stereocenters. The minimum atomic E-state index is -0.368. The van der Waals surface area contributed by atoms with Crippen molar-refractivity contribution in [2.45, 2.75) is 45.8 Å². The third-order valence-corrected chi connectivity index (χ3v) is 4.80. The van der Waals surface area contributed by atoms with Crippen molar-refractivity contribution in [3.8, 4) is 17.1 Å². The van der Waals surface area contributed by atoms with Gasteiger partial charge in [0.2, 0.25) is 5.91 Å². The molecule has 1 atom stereocenters. The van der Waals surface area contributed by atoms with Gasteiger partial charge in [-0.3, -0.25) is 9.59 Å². The minimum Gasteiger partial charge on any atom is -0.489 e. The first-order chi connectivity index (χ1) is 14.9. The predicted octanol–water partition coefficient (Wildman–Crippen LogP) is 3.40. The van der Waals surface area contributed by atoms with Gasteiger partial charge in [-0.25, -0.2) is 4.39 Å². The molecule has 2 aromatic carbocycles. The van der Waals surface area contributed by atoms with Gasteiger partial charge in [-0.1, -0.05) is 19.1 Å². The van der Waals surface area contributed by atoms with E-state index in [0.29, 0.717) is 17.1 Å². The van der Waals surface area contributed by atoms with E-state index >= 15 is 0 Å². The monoisotopic (exact) mass is 424 g/mol. The summed E-state index contributed by atoms with van der Waals surface area (Å²) in [7, 11) is 0. The Kier molecular flexibility index (Phi) is 7.48. The second kappa shape index (κ2) is 10.5. The van der Waals surface area contributed by atoms with E-state index in [1.165, 1.54) is 12.1 Å². The molecule has 0 spiro atoms. The fourth-order valence-corrected chi connectivity index (χ4v) is 2.84. The molecule has 3 aromatic rings. The molecule has 3 rings (SSSR count). The molecule has 0 saturated carbocycles. The Labute approximate surface area is 179 Å². The lowest BCUT2D eigenvalue weighted by atomic mass is 10.2. The van der Waals surface area contributed by atoms with E-state index in [4.69, 9.17) is 4.74 Å². The molecule has 7 nitrogen and oxygen atoms in total. The van der Waals surface area contributed by atoms with Crippen LogP contribution in [-0.4, -0.2) is 27.1 Å². The number of ether oxygens (including phenoxy) is 1. The molecule has 0 radical (unpaired) electrons. The predicted molar refractivity (Wildman–Crippen MR) is 115 cm³/mol. The van der Waals surface area contributed by atoms with E-state index in [9.17, 15) is 14.0 Å². The lowest BCUT2D eigenvalue weighted by Gasteiger charge is -2.10. The number of aryl methyl sites for hydroxylation is 1. The summed E-state index contributed by atoms with van der Waals surface area (Å²) in [4.78, 5) is 26.9. The number of hydrogen-bond donors (Lipinski definition) is 2. The molecule has 0 aliphatic carbocycles. The van der Waals surface area contributed by atoms with Crippen molar-refractivity contribution in [3.05, 3.63) is 76.0 Å². The zero-order chi connectivity index (χ0) is 22.2. The van der Waals surface area contributed by atoms with Crippen molar-refractivity contribution in [3.63, 3.8) is 0 Å². The van der Waals surface area contributed by atoms with Crippen molar-refractivity contribution < 1.29 is 13.9 Å². The molecule has 8 heteroatoms. The van der Waals surface area contributed by atoms with Gasteiger partial charge in [-0.15, -0.1) is 10.2 Å². The third-order valence-electron chi connectivity index (χ3n) is 4.80. The maximum atomic E-state index is 13.2. The van der Waals surface area contributed by atoms with Crippen LogP contribution in [0.1, 0.15) is 37.9 Å². The SMILES string of the molecule is CCC(C)NC(=O)CCc1nnc(-c2ccc(OCc3cccc(F)c3)cc2)[nH]c1=O. The molecular weight excluding hydrogens is 399 g/mol. The Morgan fingerprint density at radius 3 is 2.65 bits per heavy atom. The number of aromatic nitrogens is 3. The first-order valence-electron chi connectivity index (χ1n) is 10.2. The quantitative estimate of drug-likeness (QED) is 0.549. The molecule has 2 N–H and O–H groups in total. The van der Waals surface area contributed by atoms with Crippen LogP contribution in [0.3, 0.4) is 0 Å². The number of nitrogens with one attached hydrogen (secondary N) is 2. The van der Waals surface area contributed by atoms with Crippen LogP contribution in [0.2, 0.25) is 0 Å². The minimum absolute atomic E-state index is 0.0973. The molecule has 1 aromatic heterocycles. The van der Waals surface area contributed by atoms with Crippen LogP contribution in [0.4, 0.5) is 4.39 Å². The molecule has 0 aliphatic heterocycles. The van der Waals surface area contributed by atoms with E-state index in [1.54, 1.807) is 36.4 Å². The lowest BCUT2D eigenvalue weighted by molar-refractivity contribution is -0.121. The molecule has 0 aliphatic rings. The van der Waals surface area contributed by atoms with Crippen LogP contribution >= 0.6 is 0 Å². The highest BCUT2D eigenvalue weighted by Gasteiger charge is 2.11. The van der Waals surface area contributed by atoms with Gasteiger partial charge in [0.25, 0.3) is 5.56 Å². The van der Waals surface area contributed by atoms with E-state index < -0.39 is 0 Å². The first-order valence-corrected chi connectivity index (χ1v) is 10.2. The highest BCUT2D eigenvalue weighted by Crippen LogP contribution is 2.19. The Morgan fingerprint density at radius 1 is 1.19 bits per heavy atom. The summed E-state index contributed by atoms with van der Waals surface area (Å²) in [5.74, 6) is 0.508. The zero-order valence-electron chi connectivity index (χ0n) is 17.5. The number of carbonyl (C=O) groups is 1. The van der Waals surface area contributed by atoms with Crippen molar-refractivity contribution in [1.29, 1.82) is 0 Å². The van der Waals surface area contributed by atoms with Crippen LogP contribution < -0.4 is 15.6 Å². The Hall–Kier alpha value is -3.55. The molecule has 0 fully saturated rings. The molecule has 0 saturated heterocycles.